The Morgan fingerprint density at radius 3 is 2.86 bits per heavy atom. The molecule has 1 unspecified atom stereocenters. The Balaban J connectivity index is 2.41. The molecule has 1 saturated heterocycles. The summed E-state index contributed by atoms with van der Waals surface area (Å²) < 4.78 is 11.1. The highest BCUT2D eigenvalue weighted by Gasteiger charge is 2.34. The number of morpholine rings is 1. The third kappa shape index (κ3) is 3.46. The molecule has 0 bridgehead atoms. The van der Waals surface area contributed by atoms with Crippen molar-refractivity contribution in [1.82, 2.24) is 0 Å². The Hall–Kier alpha value is -1.79. The van der Waals surface area contributed by atoms with Crippen molar-refractivity contribution in [2.75, 3.05) is 31.7 Å². The van der Waals surface area contributed by atoms with Crippen molar-refractivity contribution in [1.29, 1.82) is 5.41 Å². The smallest absolute Gasteiger partial charge is 0.124 e. The van der Waals surface area contributed by atoms with E-state index in [2.05, 4.69) is 4.90 Å². The zero-order chi connectivity index (χ0) is 15.6. The molecule has 0 aromatic heterocycles. The molecule has 0 saturated carbocycles. The van der Waals surface area contributed by atoms with Gasteiger partial charge in [0.25, 0.3) is 0 Å². The largest absolute Gasteiger partial charge is 0.497 e. The van der Waals surface area contributed by atoms with Crippen LogP contribution in [0.3, 0.4) is 0 Å². The van der Waals surface area contributed by atoms with E-state index in [-0.39, 0.29) is 24.1 Å². The summed E-state index contributed by atoms with van der Waals surface area (Å²) in [4.78, 5) is 2.09. The number of aliphatic hydroxyl groups excluding tert-OH is 1. The van der Waals surface area contributed by atoms with E-state index in [1.54, 1.807) is 19.2 Å². The molecule has 0 radical (unpaired) electrons. The zero-order valence-electron chi connectivity index (χ0n) is 12.7. The van der Waals surface area contributed by atoms with Crippen LogP contribution in [0.25, 0.3) is 0 Å². The minimum absolute atomic E-state index is 0.0116. The van der Waals surface area contributed by atoms with E-state index >= 15 is 0 Å². The summed E-state index contributed by atoms with van der Waals surface area (Å²) in [5, 5.41) is 17.2. The van der Waals surface area contributed by atoms with Gasteiger partial charge >= 0.3 is 0 Å². The van der Waals surface area contributed by atoms with Crippen LogP contribution in [0.15, 0.2) is 18.2 Å². The van der Waals surface area contributed by atoms with Crippen LogP contribution in [-0.2, 0) is 4.74 Å². The lowest BCUT2D eigenvalue weighted by molar-refractivity contribution is -0.101. The summed E-state index contributed by atoms with van der Waals surface area (Å²) in [6.45, 7) is 5.12. The number of methoxy groups -OCH3 is 1. The second kappa shape index (κ2) is 5.91. The van der Waals surface area contributed by atoms with Crippen LogP contribution in [0.2, 0.25) is 0 Å². The molecule has 0 spiro atoms. The van der Waals surface area contributed by atoms with E-state index in [0.717, 1.165) is 5.69 Å². The molecule has 1 heterocycles. The van der Waals surface area contributed by atoms with Gasteiger partial charge in [0.1, 0.15) is 11.6 Å². The van der Waals surface area contributed by atoms with Crippen molar-refractivity contribution in [3.63, 3.8) is 0 Å². The van der Waals surface area contributed by atoms with Gasteiger partial charge < -0.3 is 25.2 Å². The number of ether oxygens (including phenoxy) is 2. The number of hydrogen-bond donors (Lipinski definition) is 3. The Morgan fingerprint density at radius 1 is 1.57 bits per heavy atom. The number of nitrogen functional groups attached to an aromatic ring is 1. The van der Waals surface area contributed by atoms with Crippen molar-refractivity contribution < 1.29 is 14.6 Å². The highest BCUT2D eigenvalue weighted by molar-refractivity contribution is 6.00. The summed E-state index contributed by atoms with van der Waals surface area (Å²) in [7, 11) is 1.60. The van der Waals surface area contributed by atoms with Crippen LogP contribution >= 0.6 is 0 Å². The molecule has 0 aliphatic carbocycles. The lowest BCUT2D eigenvalue weighted by Gasteiger charge is -2.44. The first-order chi connectivity index (χ1) is 9.86. The predicted molar refractivity (Wildman–Crippen MR) is 82.3 cm³/mol. The standard InChI is InChI=1S/C15H23N3O3/c1-15(2)9-18(7-11(8-19)21-15)13-6-10(20-3)4-5-12(13)14(16)17/h4-6,11,19H,7-9H2,1-3H3,(H3,16,17). The van der Waals surface area contributed by atoms with Crippen molar-refractivity contribution >= 4 is 11.5 Å². The zero-order valence-corrected chi connectivity index (χ0v) is 12.7. The first kappa shape index (κ1) is 15.6. The Morgan fingerprint density at radius 2 is 2.29 bits per heavy atom. The fourth-order valence-corrected chi connectivity index (χ4v) is 2.70. The van der Waals surface area contributed by atoms with Gasteiger partial charge in [0.15, 0.2) is 0 Å². The number of nitrogens with two attached hydrogens (primary N) is 1. The van der Waals surface area contributed by atoms with Gasteiger partial charge in [-0.05, 0) is 26.0 Å². The van der Waals surface area contributed by atoms with Crippen molar-refractivity contribution in [2.45, 2.75) is 25.6 Å². The molecule has 1 aliphatic heterocycles. The van der Waals surface area contributed by atoms with E-state index in [1.165, 1.54) is 0 Å². The van der Waals surface area contributed by atoms with Crippen molar-refractivity contribution in [3.05, 3.63) is 23.8 Å². The van der Waals surface area contributed by atoms with E-state index in [4.69, 9.17) is 20.6 Å². The number of rotatable bonds is 4. The van der Waals surface area contributed by atoms with E-state index in [0.29, 0.717) is 24.4 Å². The number of nitrogens with one attached hydrogen (secondary N) is 1. The molecule has 4 N–H and O–H groups in total. The highest BCUT2D eigenvalue weighted by atomic mass is 16.5. The predicted octanol–water partition coefficient (Wildman–Crippen LogP) is 0.955. The molecule has 1 aliphatic rings. The average molecular weight is 293 g/mol. The van der Waals surface area contributed by atoms with Gasteiger partial charge in [-0.2, -0.15) is 0 Å². The summed E-state index contributed by atoms with van der Waals surface area (Å²) in [6, 6.07) is 5.44. The molecule has 1 aromatic carbocycles. The molecular weight excluding hydrogens is 270 g/mol. The van der Waals surface area contributed by atoms with E-state index < -0.39 is 0 Å². The second-order valence-electron chi connectivity index (χ2n) is 5.86. The molecule has 21 heavy (non-hydrogen) atoms. The lowest BCUT2D eigenvalue weighted by Crippen LogP contribution is -2.54. The summed E-state index contributed by atoms with van der Waals surface area (Å²) in [6.07, 6.45) is -0.264. The van der Waals surface area contributed by atoms with Gasteiger partial charge in [-0.15, -0.1) is 0 Å². The SMILES string of the molecule is COc1ccc(C(=N)N)c(N2CC(CO)OC(C)(C)C2)c1. The third-order valence-corrected chi connectivity index (χ3v) is 3.52. The number of aliphatic hydroxyl groups is 1. The third-order valence-electron chi connectivity index (χ3n) is 3.52. The van der Waals surface area contributed by atoms with Crippen LogP contribution in [0, 0.1) is 5.41 Å². The number of amidine groups is 1. The topological polar surface area (TPSA) is 91.8 Å². The number of anilines is 1. The Labute approximate surface area is 125 Å². The number of nitrogens with zero attached hydrogens (tertiary/aromatic N) is 1. The van der Waals surface area contributed by atoms with Gasteiger partial charge in [-0.25, -0.2) is 0 Å². The van der Waals surface area contributed by atoms with Gasteiger partial charge in [-0.1, -0.05) is 0 Å². The molecule has 0 amide bonds. The van der Waals surface area contributed by atoms with Gasteiger partial charge in [0.05, 0.1) is 31.1 Å². The molecule has 116 valence electrons. The fraction of sp³-hybridized carbons (Fsp3) is 0.533. The molecule has 1 atom stereocenters. The minimum atomic E-state index is -0.386. The van der Waals surface area contributed by atoms with Crippen LogP contribution < -0.4 is 15.4 Å². The van der Waals surface area contributed by atoms with Crippen molar-refractivity contribution in [3.8, 4) is 5.75 Å². The first-order valence-electron chi connectivity index (χ1n) is 6.92. The Kier molecular flexibility index (Phi) is 4.39. The van der Waals surface area contributed by atoms with E-state index in [9.17, 15) is 5.11 Å². The minimum Gasteiger partial charge on any atom is -0.497 e. The number of hydrogen-bond acceptors (Lipinski definition) is 5. The van der Waals surface area contributed by atoms with Crippen LogP contribution in [0.1, 0.15) is 19.4 Å². The maximum absolute atomic E-state index is 9.42. The first-order valence-corrected chi connectivity index (χ1v) is 6.92. The molecular formula is C15H23N3O3. The van der Waals surface area contributed by atoms with Crippen LogP contribution in [0.4, 0.5) is 5.69 Å². The van der Waals surface area contributed by atoms with Gasteiger partial charge in [0.2, 0.25) is 0 Å². The summed E-state index contributed by atoms with van der Waals surface area (Å²) >= 11 is 0. The fourth-order valence-electron chi connectivity index (χ4n) is 2.70. The van der Waals surface area contributed by atoms with Crippen molar-refractivity contribution in [2.24, 2.45) is 5.73 Å². The maximum Gasteiger partial charge on any atom is 0.124 e. The maximum atomic E-state index is 9.42. The molecule has 6 nitrogen and oxygen atoms in total. The molecule has 1 fully saturated rings. The normalized spacial score (nSPS) is 21.1. The van der Waals surface area contributed by atoms with Crippen LogP contribution in [-0.4, -0.2) is 49.5 Å². The average Bonchev–Trinajstić information content (AvgIpc) is 2.44. The summed E-state index contributed by atoms with van der Waals surface area (Å²) in [5.41, 5.74) is 6.78. The highest BCUT2D eigenvalue weighted by Crippen LogP contribution is 2.31. The lowest BCUT2D eigenvalue weighted by atomic mass is 10.0. The molecule has 2 rings (SSSR count). The summed E-state index contributed by atoms with van der Waals surface area (Å²) in [5.74, 6) is 0.720. The quantitative estimate of drug-likeness (QED) is 0.568. The molecule has 6 heteroatoms. The number of benzene rings is 1. The Bertz CT molecular complexity index is 531. The van der Waals surface area contributed by atoms with Crippen LogP contribution in [0.5, 0.6) is 5.75 Å². The van der Waals surface area contributed by atoms with Gasteiger partial charge in [-0.3, -0.25) is 5.41 Å². The molecule has 1 aromatic rings. The second-order valence-corrected chi connectivity index (χ2v) is 5.86. The van der Waals surface area contributed by atoms with E-state index in [1.807, 2.05) is 19.9 Å². The monoisotopic (exact) mass is 293 g/mol. The van der Waals surface area contributed by atoms with Gasteiger partial charge in [0, 0.05) is 24.7 Å².